The quantitative estimate of drug-likeness (QED) is 0.344. The number of nitrogens with zero attached hydrogens (tertiary/aromatic N) is 1. The minimum Gasteiger partial charge on any atom is -0.464 e. The summed E-state index contributed by atoms with van der Waals surface area (Å²) in [5.74, 6) is -1.09. The number of aryl methyl sites for hydroxylation is 1. The van der Waals surface area contributed by atoms with Crippen molar-refractivity contribution in [2.45, 2.75) is 19.3 Å². The van der Waals surface area contributed by atoms with E-state index >= 15 is 0 Å². The molecule has 0 aromatic heterocycles. The Hall–Kier alpha value is -2.43. The molecule has 1 aliphatic heterocycles. The van der Waals surface area contributed by atoms with E-state index < -0.39 is 5.97 Å². The first kappa shape index (κ1) is 16.1. The number of amides is 2. The normalized spacial score (nSPS) is 29.4. The van der Waals surface area contributed by atoms with Crippen LogP contribution in [-0.2, 0) is 25.5 Å². The summed E-state index contributed by atoms with van der Waals surface area (Å²) in [6.45, 7) is 0.0407. The Labute approximate surface area is 146 Å². The van der Waals surface area contributed by atoms with Crippen LogP contribution in [0.5, 0.6) is 0 Å². The van der Waals surface area contributed by atoms with E-state index in [4.69, 9.17) is 4.74 Å². The number of rotatable bonds is 6. The number of benzene rings is 1. The van der Waals surface area contributed by atoms with Gasteiger partial charge in [-0.1, -0.05) is 42.5 Å². The maximum Gasteiger partial charge on any atom is 0.326 e. The molecule has 0 N–H and O–H groups in total. The molecule has 2 bridgehead atoms. The van der Waals surface area contributed by atoms with Gasteiger partial charge in [0, 0.05) is 0 Å². The van der Waals surface area contributed by atoms with Gasteiger partial charge in [-0.3, -0.25) is 19.3 Å². The number of carbonyl (C=O) groups is 3. The van der Waals surface area contributed by atoms with Crippen molar-refractivity contribution >= 4 is 17.8 Å². The number of likely N-dealkylation sites (tertiary alicyclic amines) is 1. The summed E-state index contributed by atoms with van der Waals surface area (Å²) in [4.78, 5) is 38.1. The number of carbonyl (C=O) groups excluding carboxylic acids is 3. The molecule has 2 aliphatic carbocycles. The fourth-order valence-electron chi connectivity index (χ4n) is 4.40. The molecule has 25 heavy (non-hydrogen) atoms. The zero-order valence-corrected chi connectivity index (χ0v) is 14.0. The monoisotopic (exact) mass is 339 g/mol. The number of hydrogen-bond acceptors (Lipinski definition) is 4. The number of ether oxygens (including phenoxy) is 1. The van der Waals surface area contributed by atoms with Gasteiger partial charge in [0.15, 0.2) is 0 Å². The summed E-state index contributed by atoms with van der Waals surface area (Å²) in [6.07, 6.45) is 6.53. The smallest absolute Gasteiger partial charge is 0.326 e. The van der Waals surface area contributed by atoms with Crippen molar-refractivity contribution in [3.8, 4) is 0 Å². The van der Waals surface area contributed by atoms with Gasteiger partial charge in [-0.2, -0.15) is 0 Å². The Morgan fingerprint density at radius 3 is 2.32 bits per heavy atom. The molecule has 0 spiro atoms. The van der Waals surface area contributed by atoms with Gasteiger partial charge in [-0.05, 0) is 36.7 Å². The number of fused-ring (bicyclic) bond motifs is 5. The predicted molar refractivity (Wildman–Crippen MR) is 90.2 cm³/mol. The second-order valence-electron chi connectivity index (χ2n) is 7.07. The molecule has 1 saturated carbocycles. The second kappa shape index (κ2) is 6.47. The van der Waals surface area contributed by atoms with Crippen molar-refractivity contribution in [3.05, 3.63) is 48.0 Å². The van der Waals surface area contributed by atoms with Gasteiger partial charge in [0.05, 0.1) is 18.4 Å². The van der Waals surface area contributed by atoms with Gasteiger partial charge in [-0.15, -0.1) is 0 Å². The molecule has 1 aromatic rings. The Balaban J connectivity index is 1.26. The van der Waals surface area contributed by atoms with Gasteiger partial charge in [0.2, 0.25) is 11.8 Å². The number of imide groups is 1. The molecule has 5 heteroatoms. The number of hydrogen-bond donors (Lipinski definition) is 0. The predicted octanol–water partition coefficient (Wildman–Crippen LogP) is 1.97. The molecule has 2 amide bonds. The molecule has 5 nitrogen and oxygen atoms in total. The van der Waals surface area contributed by atoms with Gasteiger partial charge >= 0.3 is 5.97 Å². The van der Waals surface area contributed by atoms with E-state index in [1.54, 1.807) is 0 Å². The topological polar surface area (TPSA) is 63.7 Å². The van der Waals surface area contributed by atoms with E-state index in [1.165, 1.54) is 5.56 Å². The SMILES string of the molecule is O=C(CN1C(=O)[C@@H]2[C@@H](C1=O)[C@H]1C=C[C@H]2C1)OCCCc1ccccc1. The summed E-state index contributed by atoms with van der Waals surface area (Å²) >= 11 is 0. The van der Waals surface area contributed by atoms with Crippen LogP contribution in [-0.4, -0.2) is 35.8 Å². The molecule has 1 aromatic carbocycles. The fourth-order valence-corrected chi connectivity index (χ4v) is 4.40. The average Bonchev–Trinajstić information content (AvgIpc) is 3.30. The molecule has 0 radical (unpaired) electrons. The van der Waals surface area contributed by atoms with Crippen LogP contribution < -0.4 is 0 Å². The summed E-state index contributed by atoms with van der Waals surface area (Å²) in [5, 5.41) is 0. The lowest BCUT2D eigenvalue weighted by Gasteiger charge is -2.16. The summed E-state index contributed by atoms with van der Waals surface area (Å²) in [7, 11) is 0. The average molecular weight is 339 g/mol. The van der Waals surface area contributed by atoms with Crippen molar-refractivity contribution in [2.75, 3.05) is 13.2 Å². The van der Waals surface area contributed by atoms with Gasteiger partial charge in [-0.25, -0.2) is 0 Å². The van der Waals surface area contributed by atoms with Gasteiger partial charge < -0.3 is 4.74 Å². The zero-order chi connectivity index (χ0) is 17.4. The zero-order valence-electron chi connectivity index (χ0n) is 14.0. The van der Waals surface area contributed by atoms with E-state index in [0.717, 1.165) is 24.2 Å². The first-order chi connectivity index (χ1) is 12.1. The highest BCUT2D eigenvalue weighted by Crippen LogP contribution is 2.52. The first-order valence-electron chi connectivity index (χ1n) is 8.88. The third-order valence-electron chi connectivity index (χ3n) is 5.56. The molecule has 4 atom stereocenters. The highest BCUT2D eigenvalue weighted by Gasteiger charge is 2.59. The minimum absolute atomic E-state index is 0.165. The largest absolute Gasteiger partial charge is 0.464 e. The molecule has 2 fully saturated rings. The maximum absolute atomic E-state index is 12.5. The third-order valence-corrected chi connectivity index (χ3v) is 5.56. The van der Waals surface area contributed by atoms with Gasteiger partial charge in [0.25, 0.3) is 0 Å². The Morgan fingerprint density at radius 2 is 1.68 bits per heavy atom. The number of esters is 1. The molecule has 1 heterocycles. The van der Waals surface area contributed by atoms with Crippen LogP contribution in [0.4, 0.5) is 0 Å². The van der Waals surface area contributed by atoms with Crippen LogP contribution in [0.3, 0.4) is 0 Å². The van der Waals surface area contributed by atoms with E-state index in [9.17, 15) is 14.4 Å². The fraction of sp³-hybridized carbons (Fsp3) is 0.450. The van der Waals surface area contributed by atoms with Crippen molar-refractivity contribution < 1.29 is 19.1 Å². The van der Waals surface area contributed by atoms with E-state index in [-0.39, 0.29) is 42.0 Å². The molecule has 0 unspecified atom stereocenters. The van der Waals surface area contributed by atoms with Gasteiger partial charge in [0.1, 0.15) is 6.54 Å². The lowest BCUT2D eigenvalue weighted by atomic mass is 9.85. The van der Waals surface area contributed by atoms with Crippen molar-refractivity contribution in [3.63, 3.8) is 0 Å². The number of allylic oxidation sites excluding steroid dienone is 2. The highest BCUT2D eigenvalue weighted by molar-refractivity contribution is 6.08. The minimum atomic E-state index is -0.505. The first-order valence-corrected chi connectivity index (χ1v) is 8.88. The maximum atomic E-state index is 12.5. The molecule has 3 aliphatic rings. The van der Waals surface area contributed by atoms with Crippen LogP contribution in [0.25, 0.3) is 0 Å². The van der Waals surface area contributed by atoms with Crippen molar-refractivity contribution in [1.29, 1.82) is 0 Å². The summed E-state index contributed by atoms with van der Waals surface area (Å²) in [5.41, 5.74) is 1.19. The summed E-state index contributed by atoms with van der Waals surface area (Å²) in [6, 6.07) is 9.98. The molecular weight excluding hydrogens is 318 g/mol. The van der Waals surface area contributed by atoms with Crippen LogP contribution in [0.15, 0.2) is 42.5 Å². The molecular formula is C20H21NO4. The highest BCUT2D eigenvalue weighted by atomic mass is 16.5. The van der Waals surface area contributed by atoms with E-state index in [0.29, 0.717) is 6.61 Å². The Morgan fingerprint density at radius 1 is 1.04 bits per heavy atom. The third kappa shape index (κ3) is 2.88. The Bertz CT molecular complexity index is 696. The van der Waals surface area contributed by atoms with E-state index in [1.807, 2.05) is 42.5 Å². The molecule has 1 saturated heterocycles. The van der Waals surface area contributed by atoms with Crippen LogP contribution in [0.2, 0.25) is 0 Å². The summed E-state index contributed by atoms with van der Waals surface area (Å²) < 4.78 is 5.21. The standard InChI is InChI=1S/C20H21NO4/c22-16(25-10-4-7-13-5-2-1-3-6-13)12-21-19(23)17-14-8-9-15(11-14)18(17)20(21)24/h1-3,5-6,8-9,14-15,17-18H,4,7,10-12H2/t14-,15-,17-,18-/m0/s1. The van der Waals surface area contributed by atoms with Crippen LogP contribution in [0, 0.1) is 23.7 Å². The lowest BCUT2D eigenvalue weighted by Crippen LogP contribution is -2.38. The lowest BCUT2D eigenvalue weighted by molar-refractivity contribution is -0.153. The van der Waals surface area contributed by atoms with E-state index in [2.05, 4.69) is 0 Å². The van der Waals surface area contributed by atoms with Crippen LogP contribution >= 0.6 is 0 Å². The molecule has 4 rings (SSSR count). The van der Waals surface area contributed by atoms with Crippen LogP contribution in [0.1, 0.15) is 18.4 Å². The Kier molecular flexibility index (Phi) is 4.15. The van der Waals surface area contributed by atoms with Crippen molar-refractivity contribution in [1.82, 2.24) is 4.90 Å². The molecule has 130 valence electrons. The second-order valence-corrected chi connectivity index (χ2v) is 7.07. The van der Waals surface area contributed by atoms with Crippen molar-refractivity contribution in [2.24, 2.45) is 23.7 Å².